The second-order valence-corrected chi connectivity index (χ2v) is 11.6. The molecule has 3 N–H and O–H groups in total. The van der Waals surface area contributed by atoms with Gasteiger partial charge in [-0.2, -0.15) is 5.10 Å². The molecule has 2 fully saturated rings. The Labute approximate surface area is 261 Å². The SMILES string of the molecule is Cc1ccc(NC(=O)c2cc(F)cc(N3CCOCC3)c2)cc1Nc1ncnn2cc(C(=O)NCCN3CCCCC3)c(C)c12. The first-order chi connectivity index (χ1) is 21.9. The molecule has 2 aromatic carbocycles. The second kappa shape index (κ2) is 13.6. The van der Waals surface area contributed by atoms with Crippen molar-refractivity contribution in [2.75, 3.05) is 68.0 Å². The topological polar surface area (TPSA) is 116 Å². The largest absolute Gasteiger partial charge is 0.378 e. The molecule has 0 bridgehead atoms. The van der Waals surface area contributed by atoms with Gasteiger partial charge in [-0.1, -0.05) is 12.5 Å². The molecular formula is C33H39FN8O3. The molecule has 2 aromatic heterocycles. The maximum Gasteiger partial charge on any atom is 0.255 e. The number of halogens is 1. The number of benzene rings is 2. The Hall–Kier alpha value is -4.55. The second-order valence-electron chi connectivity index (χ2n) is 11.6. The summed E-state index contributed by atoms with van der Waals surface area (Å²) in [6.07, 6.45) is 6.86. The molecule has 11 nitrogen and oxygen atoms in total. The first-order valence-electron chi connectivity index (χ1n) is 15.5. The quantitative estimate of drug-likeness (QED) is 0.252. The number of nitrogens with one attached hydrogen (secondary N) is 3. The first-order valence-corrected chi connectivity index (χ1v) is 15.5. The zero-order chi connectivity index (χ0) is 31.3. The van der Waals surface area contributed by atoms with E-state index in [-0.39, 0.29) is 11.5 Å². The molecule has 2 saturated heterocycles. The number of anilines is 4. The van der Waals surface area contributed by atoms with E-state index >= 15 is 0 Å². The summed E-state index contributed by atoms with van der Waals surface area (Å²) >= 11 is 0. The first kappa shape index (κ1) is 30.5. The molecule has 236 valence electrons. The predicted molar refractivity (Wildman–Crippen MR) is 172 cm³/mol. The van der Waals surface area contributed by atoms with E-state index in [1.165, 1.54) is 37.7 Å². The van der Waals surface area contributed by atoms with Crippen LogP contribution < -0.4 is 20.9 Å². The highest BCUT2D eigenvalue weighted by molar-refractivity contribution is 6.05. The minimum atomic E-state index is -0.471. The molecule has 12 heteroatoms. The molecule has 0 radical (unpaired) electrons. The number of carbonyl (C=O) groups is 2. The number of hydrogen-bond acceptors (Lipinski definition) is 8. The summed E-state index contributed by atoms with van der Waals surface area (Å²) < 4.78 is 21.6. The minimum Gasteiger partial charge on any atom is -0.378 e. The Morgan fingerprint density at radius 3 is 2.58 bits per heavy atom. The Balaban J connectivity index is 1.17. The van der Waals surface area contributed by atoms with Crippen LogP contribution in [-0.4, -0.2) is 83.8 Å². The van der Waals surface area contributed by atoms with Crippen molar-refractivity contribution in [2.24, 2.45) is 0 Å². The predicted octanol–water partition coefficient (Wildman–Crippen LogP) is 4.53. The molecule has 6 rings (SSSR count). The van der Waals surface area contributed by atoms with Crippen molar-refractivity contribution >= 4 is 40.2 Å². The number of amides is 2. The molecule has 0 aliphatic carbocycles. The van der Waals surface area contributed by atoms with Crippen LogP contribution >= 0.6 is 0 Å². The van der Waals surface area contributed by atoms with Crippen molar-refractivity contribution < 1.29 is 18.7 Å². The van der Waals surface area contributed by atoms with E-state index in [2.05, 4.69) is 30.9 Å². The van der Waals surface area contributed by atoms with Gasteiger partial charge in [-0.15, -0.1) is 0 Å². The molecule has 0 saturated carbocycles. The number of morpholine rings is 1. The highest BCUT2D eigenvalue weighted by Gasteiger charge is 2.20. The van der Waals surface area contributed by atoms with Crippen LogP contribution in [0, 0.1) is 19.7 Å². The van der Waals surface area contributed by atoms with Crippen LogP contribution in [0.1, 0.15) is 51.1 Å². The monoisotopic (exact) mass is 614 g/mol. The lowest BCUT2D eigenvalue weighted by Gasteiger charge is -2.29. The molecule has 2 amide bonds. The number of aromatic nitrogens is 3. The summed E-state index contributed by atoms with van der Waals surface area (Å²) in [5.41, 5.74) is 5.05. The van der Waals surface area contributed by atoms with E-state index in [0.29, 0.717) is 61.1 Å². The third-order valence-corrected chi connectivity index (χ3v) is 8.50. The summed E-state index contributed by atoms with van der Waals surface area (Å²) in [5, 5.41) is 13.7. The number of ether oxygens (including phenoxy) is 1. The Morgan fingerprint density at radius 1 is 0.978 bits per heavy atom. The van der Waals surface area contributed by atoms with Crippen LogP contribution in [-0.2, 0) is 4.74 Å². The van der Waals surface area contributed by atoms with Gasteiger partial charge in [0.25, 0.3) is 11.8 Å². The molecule has 4 aromatic rings. The summed E-state index contributed by atoms with van der Waals surface area (Å²) in [6.45, 7) is 9.82. The number of likely N-dealkylation sites (tertiary alicyclic amines) is 1. The van der Waals surface area contributed by atoms with Crippen molar-refractivity contribution in [3.8, 4) is 0 Å². The fraction of sp³-hybridized carbons (Fsp3) is 0.394. The van der Waals surface area contributed by atoms with Crippen LogP contribution in [0.25, 0.3) is 5.52 Å². The zero-order valence-electron chi connectivity index (χ0n) is 25.7. The van der Waals surface area contributed by atoms with Crippen LogP contribution in [0.4, 0.5) is 27.3 Å². The summed E-state index contributed by atoms with van der Waals surface area (Å²) in [7, 11) is 0. The summed E-state index contributed by atoms with van der Waals surface area (Å²) in [6, 6.07) is 9.86. The van der Waals surface area contributed by atoms with Gasteiger partial charge in [0, 0.05) is 55.0 Å². The Bertz CT molecular complexity index is 1700. The van der Waals surface area contributed by atoms with Gasteiger partial charge in [0.15, 0.2) is 5.82 Å². The van der Waals surface area contributed by atoms with Gasteiger partial charge < -0.3 is 30.5 Å². The van der Waals surface area contributed by atoms with E-state index in [1.54, 1.807) is 28.9 Å². The van der Waals surface area contributed by atoms with E-state index in [4.69, 9.17) is 4.74 Å². The molecule has 0 atom stereocenters. The lowest BCUT2D eigenvalue weighted by molar-refractivity contribution is 0.0945. The van der Waals surface area contributed by atoms with E-state index in [9.17, 15) is 14.0 Å². The third-order valence-electron chi connectivity index (χ3n) is 8.50. The maximum absolute atomic E-state index is 14.5. The number of aryl methyl sites for hydroxylation is 2. The fourth-order valence-corrected chi connectivity index (χ4v) is 5.96. The normalized spacial score (nSPS) is 15.7. The van der Waals surface area contributed by atoms with Crippen molar-refractivity contribution in [3.63, 3.8) is 0 Å². The van der Waals surface area contributed by atoms with Gasteiger partial charge in [0.05, 0.1) is 18.8 Å². The average Bonchev–Trinajstić information content (AvgIpc) is 3.40. The number of rotatable bonds is 9. The van der Waals surface area contributed by atoms with Gasteiger partial charge in [-0.05, 0) is 81.2 Å². The smallest absolute Gasteiger partial charge is 0.255 e. The highest BCUT2D eigenvalue weighted by atomic mass is 19.1. The number of fused-ring (bicyclic) bond motifs is 1. The van der Waals surface area contributed by atoms with Gasteiger partial charge in [0.2, 0.25) is 0 Å². The molecule has 4 heterocycles. The van der Waals surface area contributed by atoms with Crippen LogP contribution in [0.15, 0.2) is 48.9 Å². The Kier molecular flexibility index (Phi) is 9.22. The Morgan fingerprint density at radius 2 is 1.78 bits per heavy atom. The average molecular weight is 615 g/mol. The molecule has 0 unspecified atom stereocenters. The van der Waals surface area contributed by atoms with Crippen molar-refractivity contribution in [1.29, 1.82) is 0 Å². The van der Waals surface area contributed by atoms with Gasteiger partial charge in [0.1, 0.15) is 17.7 Å². The number of carbonyl (C=O) groups excluding carboxylic acids is 2. The summed E-state index contributed by atoms with van der Waals surface area (Å²) in [4.78, 5) is 35.2. The highest BCUT2D eigenvalue weighted by Crippen LogP contribution is 2.29. The number of piperidine rings is 1. The van der Waals surface area contributed by atoms with Gasteiger partial charge >= 0.3 is 0 Å². The van der Waals surface area contributed by atoms with E-state index in [0.717, 1.165) is 36.4 Å². The van der Waals surface area contributed by atoms with E-state index < -0.39 is 11.7 Å². The van der Waals surface area contributed by atoms with E-state index in [1.807, 2.05) is 24.8 Å². The van der Waals surface area contributed by atoms with Gasteiger partial charge in [-0.3, -0.25) is 9.59 Å². The van der Waals surface area contributed by atoms with Crippen molar-refractivity contribution in [1.82, 2.24) is 24.8 Å². The molecular weight excluding hydrogens is 575 g/mol. The third kappa shape index (κ3) is 7.07. The number of hydrogen-bond donors (Lipinski definition) is 3. The fourth-order valence-electron chi connectivity index (χ4n) is 5.96. The van der Waals surface area contributed by atoms with Gasteiger partial charge in [-0.25, -0.2) is 13.9 Å². The van der Waals surface area contributed by atoms with Crippen LogP contribution in [0.5, 0.6) is 0 Å². The van der Waals surface area contributed by atoms with Crippen molar-refractivity contribution in [3.05, 3.63) is 77.0 Å². The lowest BCUT2D eigenvalue weighted by Crippen LogP contribution is -2.37. The van der Waals surface area contributed by atoms with Crippen molar-refractivity contribution in [2.45, 2.75) is 33.1 Å². The molecule has 0 spiro atoms. The molecule has 45 heavy (non-hydrogen) atoms. The number of nitrogens with zero attached hydrogens (tertiary/aromatic N) is 5. The lowest BCUT2D eigenvalue weighted by atomic mass is 10.1. The van der Waals surface area contributed by atoms with Crippen LogP contribution in [0.3, 0.4) is 0 Å². The maximum atomic E-state index is 14.5. The standard InChI is InChI=1S/C33H39FN8O3/c1-22-6-7-26(38-32(43)24-16-25(34)18-27(17-24)41-12-14-45-15-13-41)19-29(22)39-31-30-23(2)28(20-42(30)37-21-36-31)33(44)35-8-11-40-9-4-3-5-10-40/h6-7,16-21H,3-5,8-15H2,1-2H3,(H,35,44)(H,38,43)(H,36,37,39). The van der Waals surface area contributed by atoms with Crippen LogP contribution in [0.2, 0.25) is 0 Å². The molecule has 2 aliphatic rings. The summed E-state index contributed by atoms with van der Waals surface area (Å²) in [5.74, 6) is -0.500. The zero-order valence-corrected chi connectivity index (χ0v) is 25.7. The molecule has 2 aliphatic heterocycles. The minimum absolute atomic E-state index is 0.143.